The summed E-state index contributed by atoms with van der Waals surface area (Å²) in [5.74, 6) is -3.52. The van der Waals surface area contributed by atoms with Gasteiger partial charge in [-0.25, -0.2) is 8.78 Å². The van der Waals surface area contributed by atoms with E-state index in [-0.39, 0.29) is 24.6 Å². The van der Waals surface area contributed by atoms with E-state index >= 15 is 0 Å². The number of rotatable bonds is 2. The Bertz CT molecular complexity index is 420. The highest BCUT2D eigenvalue weighted by atomic mass is 19.2. The van der Waals surface area contributed by atoms with Gasteiger partial charge in [0.05, 0.1) is 0 Å². The second kappa shape index (κ2) is 5.82. The molecule has 1 saturated heterocycles. The molecule has 1 N–H and O–H groups in total. The van der Waals surface area contributed by atoms with E-state index < -0.39 is 17.5 Å². The first kappa shape index (κ1) is 14.2. The molecule has 0 radical (unpaired) electrons. The summed E-state index contributed by atoms with van der Waals surface area (Å²) in [6, 6.07) is 2.70. The Morgan fingerprint density at radius 1 is 1.21 bits per heavy atom. The second-order valence-corrected chi connectivity index (χ2v) is 5.11. The second-order valence-electron chi connectivity index (χ2n) is 5.11. The number of benzene rings is 1. The Labute approximate surface area is 111 Å². The van der Waals surface area contributed by atoms with Crippen molar-refractivity contribution in [1.82, 2.24) is 5.32 Å². The first-order valence-corrected chi connectivity index (χ1v) is 6.54. The lowest BCUT2D eigenvalue weighted by Crippen LogP contribution is -2.41. The van der Waals surface area contributed by atoms with Crippen molar-refractivity contribution in [1.29, 1.82) is 0 Å². The molecule has 1 fully saturated rings. The molecule has 2 nitrogen and oxygen atoms in total. The van der Waals surface area contributed by atoms with Crippen LogP contribution in [-0.4, -0.2) is 18.4 Å². The van der Waals surface area contributed by atoms with Crippen molar-refractivity contribution in [2.24, 2.45) is 0 Å². The summed E-state index contributed by atoms with van der Waals surface area (Å²) in [6.07, 6.45) is 1.92. The maximum atomic E-state index is 14.7. The van der Waals surface area contributed by atoms with Gasteiger partial charge >= 0.3 is 0 Å². The van der Waals surface area contributed by atoms with E-state index in [1.54, 1.807) is 0 Å². The number of alkyl halides is 1. The molecule has 0 amide bonds. The molecule has 0 bridgehead atoms. The number of nitrogens with one attached hydrogen (secondary N) is 1. The summed E-state index contributed by atoms with van der Waals surface area (Å²) < 4.78 is 46.1. The molecule has 1 aromatic carbocycles. The first-order valence-electron chi connectivity index (χ1n) is 6.54. The molecule has 1 aliphatic heterocycles. The maximum Gasteiger partial charge on any atom is 0.249 e. The average Bonchev–Trinajstić information content (AvgIpc) is 2.24. The van der Waals surface area contributed by atoms with Crippen molar-refractivity contribution < 1.29 is 17.9 Å². The van der Waals surface area contributed by atoms with Crippen LogP contribution in [0.15, 0.2) is 18.2 Å². The highest BCUT2D eigenvalue weighted by molar-refractivity contribution is 5.24. The van der Waals surface area contributed by atoms with Crippen molar-refractivity contribution in [3.8, 4) is 5.75 Å². The zero-order valence-corrected chi connectivity index (χ0v) is 10.9. The summed E-state index contributed by atoms with van der Waals surface area (Å²) >= 11 is 0. The fraction of sp³-hybridized carbons (Fsp3) is 0.571. The lowest BCUT2D eigenvalue weighted by molar-refractivity contribution is -0.0858. The molecule has 2 atom stereocenters. The molecule has 1 aromatic rings. The number of hydrogen-bond donors (Lipinski definition) is 1. The summed E-state index contributed by atoms with van der Waals surface area (Å²) in [6.45, 7) is 2.72. The van der Waals surface area contributed by atoms with E-state index in [1.165, 1.54) is 0 Å². The highest BCUT2D eigenvalue weighted by Gasteiger charge is 2.34. The van der Waals surface area contributed by atoms with Crippen LogP contribution in [0.1, 0.15) is 32.6 Å². The van der Waals surface area contributed by atoms with Crippen molar-refractivity contribution in [3.05, 3.63) is 29.8 Å². The zero-order chi connectivity index (χ0) is 13.9. The number of ether oxygens (including phenoxy) is 1. The van der Waals surface area contributed by atoms with Crippen molar-refractivity contribution >= 4 is 0 Å². The van der Waals surface area contributed by atoms with Crippen molar-refractivity contribution in [2.45, 2.75) is 44.5 Å². The third-order valence-corrected chi connectivity index (χ3v) is 3.22. The SMILES string of the molecule is CC1CC(F)(Oc2cc(F)cc(F)c2)CCCCN1. The highest BCUT2D eigenvalue weighted by Crippen LogP contribution is 2.31. The van der Waals surface area contributed by atoms with Gasteiger partial charge in [0.15, 0.2) is 0 Å². The molecule has 106 valence electrons. The van der Waals surface area contributed by atoms with Crippen LogP contribution < -0.4 is 10.1 Å². The van der Waals surface area contributed by atoms with Gasteiger partial charge in [-0.15, -0.1) is 0 Å². The average molecular weight is 273 g/mol. The van der Waals surface area contributed by atoms with Crippen LogP contribution in [0.2, 0.25) is 0 Å². The molecule has 2 unspecified atom stereocenters. The van der Waals surface area contributed by atoms with Gasteiger partial charge in [-0.3, -0.25) is 0 Å². The standard InChI is InChI=1S/C14H18F3NO/c1-10-9-14(17,4-2-3-5-18-10)19-13-7-11(15)6-12(16)8-13/h6-8,10,18H,2-5,9H2,1H3. The van der Waals surface area contributed by atoms with Crippen LogP contribution >= 0.6 is 0 Å². The van der Waals surface area contributed by atoms with Gasteiger partial charge < -0.3 is 10.1 Å². The van der Waals surface area contributed by atoms with E-state index in [0.29, 0.717) is 6.42 Å². The smallest absolute Gasteiger partial charge is 0.249 e. The maximum absolute atomic E-state index is 14.7. The third kappa shape index (κ3) is 4.13. The lowest BCUT2D eigenvalue weighted by Gasteiger charge is -2.31. The van der Waals surface area contributed by atoms with Gasteiger partial charge in [0, 0.05) is 37.1 Å². The third-order valence-electron chi connectivity index (χ3n) is 3.22. The van der Waals surface area contributed by atoms with Gasteiger partial charge in [0.2, 0.25) is 5.85 Å². The normalized spacial score (nSPS) is 28.5. The number of hydrogen-bond acceptors (Lipinski definition) is 2. The van der Waals surface area contributed by atoms with Crippen LogP contribution in [0.3, 0.4) is 0 Å². The van der Waals surface area contributed by atoms with Crippen LogP contribution in [0.25, 0.3) is 0 Å². The van der Waals surface area contributed by atoms with E-state index in [4.69, 9.17) is 4.74 Å². The zero-order valence-electron chi connectivity index (χ0n) is 10.9. The fourth-order valence-corrected chi connectivity index (χ4v) is 2.39. The van der Waals surface area contributed by atoms with E-state index in [9.17, 15) is 13.2 Å². The molecule has 0 saturated carbocycles. The van der Waals surface area contributed by atoms with Gasteiger partial charge in [-0.2, -0.15) is 4.39 Å². The Hall–Kier alpha value is -1.23. The van der Waals surface area contributed by atoms with Gasteiger partial charge in [0.25, 0.3) is 0 Å². The topological polar surface area (TPSA) is 21.3 Å². The molecule has 0 aliphatic carbocycles. The van der Waals surface area contributed by atoms with Crippen LogP contribution in [0, 0.1) is 11.6 Å². The fourth-order valence-electron chi connectivity index (χ4n) is 2.39. The van der Waals surface area contributed by atoms with Gasteiger partial charge in [0.1, 0.15) is 17.4 Å². The van der Waals surface area contributed by atoms with E-state index in [2.05, 4.69) is 5.32 Å². The molecule has 1 heterocycles. The summed E-state index contributed by atoms with van der Waals surface area (Å²) in [5, 5.41) is 3.18. The predicted octanol–water partition coefficient (Wildman–Crippen LogP) is 3.56. The van der Waals surface area contributed by atoms with Crippen LogP contribution in [-0.2, 0) is 0 Å². The van der Waals surface area contributed by atoms with Crippen molar-refractivity contribution in [2.75, 3.05) is 6.54 Å². The molecule has 5 heteroatoms. The summed E-state index contributed by atoms with van der Waals surface area (Å²) in [5.41, 5.74) is 0. The quantitative estimate of drug-likeness (QED) is 0.889. The monoisotopic (exact) mass is 273 g/mol. The number of halogens is 3. The Balaban J connectivity index is 2.13. The lowest BCUT2D eigenvalue weighted by atomic mass is 9.99. The van der Waals surface area contributed by atoms with Crippen molar-refractivity contribution in [3.63, 3.8) is 0 Å². The minimum Gasteiger partial charge on any atom is -0.458 e. The summed E-state index contributed by atoms with van der Waals surface area (Å²) in [4.78, 5) is 0. The molecular weight excluding hydrogens is 255 g/mol. The molecular formula is C14H18F3NO. The van der Waals surface area contributed by atoms with E-state index in [0.717, 1.165) is 31.2 Å². The Kier molecular flexibility index (Phi) is 4.34. The van der Waals surface area contributed by atoms with Gasteiger partial charge in [-0.1, -0.05) is 0 Å². The van der Waals surface area contributed by atoms with Crippen LogP contribution in [0.5, 0.6) is 5.75 Å². The molecule has 0 aromatic heterocycles. The largest absolute Gasteiger partial charge is 0.458 e. The minimum atomic E-state index is -1.88. The molecule has 2 rings (SSSR count). The molecule has 1 aliphatic rings. The van der Waals surface area contributed by atoms with Gasteiger partial charge in [-0.05, 0) is 26.3 Å². The predicted molar refractivity (Wildman–Crippen MR) is 66.8 cm³/mol. The van der Waals surface area contributed by atoms with E-state index in [1.807, 2.05) is 6.92 Å². The molecule has 19 heavy (non-hydrogen) atoms. The molecule has 0 spiro atoms. The summed E-state index contributed by atoms with van der Waals surface area (Å²) in [7, 11) is 0. The Morgan fingerprint density at radius 2 is 1.89 bits per heavy atom. The Morgan fingerprint density at radius 3 is 2.58 bits per heavy atom. The van der Waals surface area contributed by atoms with Crippen LogP contribution in [0.4, 0.5) is 13.2 Å². The minimum absolute atomic E-state index is 0.0382. The first-order chi connectivity index (χ1) is 8.97.